The van der Waals surface area contributed by atoms with Crippen molar-refractivity contribution in [3.8, 4) is 17.7 Å². The molecule has 0 radical (unpaired) electrons. The van der Waals surface area contributed by atoms with Gasteiger partial charge in [0.15, 0.2) is 0 Å². The van der Waals surface area contributed by atoms with E-state index in [2.05, 4.69) is 9.97 Å². The molecule has 2 heterocycles. The number of carboxylic acid groups (broad SMARTS) is 1. The van der Waals surface area contributed by atoms with Crippen LogP contribution in [0.4, 0.5) is 0 Å². The van der Waals surface area contributed by atoms with E-state index in [0.29, 0.717) is 23.4 Å². The van der Waals surface area contributed by atoms with Gasteiger partial charge in [0.25, 0.3) is 0 Å². The van der Waals surface area contributed by atoms with Gasteiger partial charge in [-0.25, -0.2) is 4.79 Å². The minimum Gasteiger partial charge on any atom is -0.481 e. The highest BCUT2D eigenvalue weighted by Gasteiger charge is 2.18. The average Bonchev–Trinajstić information content (AvgIpc) is 2.73. The molecule has 7 nitrogen and oxygen atoms in total. The molecule has 0 spiro atoms. The number of aryl methyl sites for hydroxylation is 1. The van der Waals surface area contributed by atoms with Gasteiger partial charge in [0.1, 0.15) is 0 Å². The molecule has 106 valence electrons. The molecular weight excluding hydrogens is 262 g/mol. The van der Waals surface area contributed by atoms with Crippen molar-refractivity contribution < 1.29 is 19.4 Å². The van der Waals surface area contributed by atoms with Crippen LogP contribution in [0.1, 0.15) is 21.7 Å². The highest BCUT2D eigenvalue weighted by atomic mass is 16.5. The van der Waals surface area contributed by atoms with E-state index < -0.39 is 5.97 Å². The summed E-state index contributed by atoms with van der Waals surface area (Å²) in [6.07, 6.45) is 0. The van der Waals surface area contributed by atoms with Crippen molar-refractivity contribution in [3.05, 3.63) is 29.1 Å². The summed E-state index contributed by atoms with van der Waals surface area (Å²) in [7, 11) is 2.98. The van der Waals surface area contributed by atoms with E-state index in [0.717, 1.165) is 5.69 Å². The van der Waals surface area contributed by atoms with Crippen LogP contribution in [0.5, 0.6) is 11.8 Å². The summed E-state index contributed by atoms with van der Waals surface area (Å²) in [4.78, 5) is 19.6. The van der Waals surface area contributed by atoms with Crippen LogP contribution in [-0.4, -0.2) is 39.8 Å². The van der Waals surface area contributed by atoms with E-state index in [1.807, 2.05) is 0 Å². The Morgan fingerprint density at radius 2 is 1.70 bits per heavy atom. The van der Waals surface area contributed by atoms with Crippen LogP contribution in [0.25, 0.3) is 5.95 Å². The smallest absolute Gasteiger partial charge is 0.337 e. The second kappa shape index (κ2) is 5.20. The predicted octanol–water partition coefficient (Wildman–Crippen LogP) is 1.60. The summed E-state index contributed by atoms with van der Waals surface area (Å²) in [6.45, 7) is 3.49. The highest BCUT2D eigenvalue weighted by molar-refractivity contribution is 5.89. The number of aromatic nitrogens is 3. The molecule has 0 saturated heterocycles. The van der Waals surface area contributed by atoms with Crippen molar-refractivity contribution in [1.82, 2.24) is 14.5 Å². The van der Waals surface area contributed by atoms with Gasteiger partial charge in [0, 0.05) is 11.4 Å². The Morgan fingerprint density at radius 3 is 2.10 bits per heavy atom. The molecule has 1 N–H and O–H groups in total. The Morgan fingerprint density at radius 1 is 1.15 bits per heavy atom. The van der Waals surface area contributed by atoms with Crippen LogP contribution in [0.3, 0.4) is 0 Å². The predicted molar refractivity (Wildman–Crippen MR) is 70.9 cm³/mol. The Bertz CT molecular complexity index is 642. The van der Waals surface area contributed by atoms with Crippen molar-refractivity contribution in [2.45, 2.75) is 13.8 Å². The number of carbonyl (C=O) groups is 1. The molecule has 0 aromatic carbocycles. The number of hydrogen-bond donors (Lipinski definition) is 1. The van der Waals surface area contributed by atoms with Gasteiger partial charge in [-0.3, -0.25) is 4.57 Å². The molecule has 2 rings (SSSR count). The van der Waals surface area contributed by atoms with E-state index in [9.17, 15) is 4.79 Å². The molecule has 0 unspecified atom stereocenters. The molecule has 2 aromatic rings. The number of aromatic carboxylic acids is 1. The Hall–Kier alpha value is -2.57. The lowest BCUT2D eigenvalue weighted by Crippen LogP contribution is -2.08. The maximum atomic E-state index is 11.2. The first kappa shape index (κ1) is 13.9. The SMILES string of the molecule is COc1cc(OC)nc(-n2c(C)cc(C(=O)O)c2C)n1. The van der Waals surface area contributed by atoms with Gasteiger partial charge < -0.3 is 14.6 Å². The largest absolute Gasteiger partial charge is 0.481 e. The van der Waals surface area contributed by atoms with Gasteiger partial charge in [-0.15, -0.1) is 0 Å². The van der Waals surface area contributed by atoms with E-state index in [-0.39, 0.29) is 5.56 Å². The first-order chi connectivity index (χ1) is 9.47. The third kappa shape index (κ3) is 2.29. The van der Waals surface area contributed by atoms with Crippen LogP contribution in [0.2, 0.25) is 0 Å². The summed E-state index contributed by atoms with van der Waals surface area (Å²) < 4.78 is 11.8. The molecule has 20 heavy (non-hydrogen) atoms. The number of rotatable bonds is 4. The minimum atomic E-state index is -0.987. The van der Waals surface area contributed by atoms with Gasteiger partial charge in [-0.05, 0) is 19.9 Å². The van der Waals surface area contributed by atoms with Crippen LogP contribution >= 0.6 is 0 Å². The quantitative estimate of drug-likeness (QED) is 0.913. The van der Waals surface area contributed by atoms with Crippen molar-refractivity contribution >= 4 is 5.97 Å². The molecule has 7 heteroatoms. The third-order valence-electron chi connectivity index (χ3n) is 2.95. The fraction of sp³-hybridized carbons (Fsp3) is 0.308. The van der Waals surface area contributed by atoms with E-state index in [4.69, 9.17) is 14.6 Å². The lowest BCUT2D eigenvalue weighted by atomic mass is 10.2. The standard InChI is InChI=1S/C13H15N3O4/c1-7-5-9(12(17)18)8(2)16(7)13-14-10(19-3)6-11(15-13)20-4/h5-6H,1-4H3,(H,17,18). The number of nitrogens with zero attached hydrogens (tertiary/aromatic N) is 3. The second-order valence-electron chi connectivity index (χ2n) is 4.18. The molecule has 0 aliphatic carbocycles. The van der Waals surface area contributed by atoms with E-state index in [1.165, 1.54) is 14.2 Å². The molecule has 0 aliphatic rings. The van der Waals surface area contributed by atoms with Gasteiger partial charge in [-0.1, -0.05) is 0 Å². The zero-order chi connectivity index (χ0) is 14.9. The number of hydrogen-bond acceptors (Lipinski definition) is 5. The van der Waals surface area contributed by atoms with Crippen LogP contribution in [-0.2, 0) is 0 Å². The van der Waals surface area contributed by atoms with Crippen molar-refractivity contribution in [2.75, 3.05) is 14.2 Å². The van der Waals surface area contributed by atoms with Gasteiger partial charge in [0.2, 0.25) is 17.7 Å². The topological polar surface area (TPSA) is 86.5 Å². The molecule has 0 aliphatic heterocycles. The summed E-state index contributed by atoms with van der Waals surface area (Å²) in [6, 6.07) is 3.13. The molecule has 0 atom stereocenters. The average molecular weight is 277 g/mol. The Kier molecular flexibility index (Phi) is 3.60. The number of ether oxygens (including phenoxy) is 2. The summed E-state index contributed by atoms with van der Waals surface area (Å²) >= 11 is 0. The first-order valence-corrected chi connectivity index (χ1v) is 5.87. The van der Waals surface area contributed by atoms with Crippen LogP contribution < -0.4 is 9.47 Å². The molecule has 0 saturated carbocycles. The maximum absolute atomic E-state index is 11.2. The summed E-state index contributed by atoms with van der Waals surface area (Å²) in [5, 5.41) is 9.15. The first-order valence-electron chi connectivity index (χ1n) is 5.87. The number of carboxylic acids is 1. The fourth-order valence-electron chi connectivity index (χ4n) is 1.99. The van der Waals surface area contributed by atoms with Crippen molar-refractivity contribution in [1.29, 1.82) is 0 Å². The van der Waals surface area contributed by atoms with Crippen LogP contribution in [0.15, 0.2) is 12.1 Å². The van der Waals surface area contributed by atoms with Gasteiger partial charge in [0.05, 0.1) is 25.8 Å². The van der Waals surface area contributed by atoms with E-state index >= 15 is 0 Å². The lowest BCUT2D eigenvalue weighted by Gasteiger charge is -2.10. The Labute approximate surface area is 115 Å². The summed E-state index contributed by atoms with van der Waals surface area (Å²) in [5.74, 6) is 0.00959. The zero-order valence-corrected chi connectivity index (χ0v) is 11.7. The fourth-order valence-corrected chi connectivity index (χ4v) is 1.99. The van der Waals surface area contributed by atoms with Crippen LogP contribution in [0, 0.1) is 13.8 Å². The van der Waals surface area contributed by atoms with Gasteiger partial charge >= 0.3 is 5.97 Å². The Balaban J connectivity index is 2.65. The summed E-state index contributed by atoms with van der Waals surface area (Å²) in [5.41, 5.74) is 1.48. The minimum absolute atomic E-state index is 0.216. The highest BCUT2D eigenvalue weighted by Crippen LogP contribution is 2.22. The maximum Gasteiger partial charge on any atom is 0.337 e. The molecule has 2 aromatic heterocycles. The monoisotopic (exact) mass is 277 g/mol. The molecule has 0 bridgehead atoms. The lowest BCUT2D eigenvalue weighted by molar-refractivity contribution is 0.0696. The zero-order valence-electron chi connectivity index (χ0n) is 11.7. The van der Waals surface area contributed by atoms with Gasteiger partial charge in [-0.2, -0.15) is 9.97 Å². The third-order valence-corrected chi connectivity index (χ3v) is 2.95. The molecular formula is C13H15N3O4. The van der Waals surface area contributed by atoms with E-state index in [1.54, 1.807) is 30.5 Å². The molecule has 0 fully saturated rings. The molecule has 0 amide bonds. The van der Waals surface area contributed by atoms with Crippen molar-refractivity contribution in [3.63, 3.8) is 0 Å². The normalized spacial score (nSPS) is 10.4. The second-order valence-corrected chi connectivity index (χ2v) is 4.18. The van der Waals surface area contributed by atoms with Crippen molar-refractivity contribution in [2.24, 2.45) is 0 Å². The number of methoxy groups -OCH3 is 2.